The molecule has 0 heterocycles. The summed E-state index contributed by atoms with van der Waals surface area (Å²) in [4.78, 5) is 13.1. The minimum absolute atomic E-state index is 0.0907. The Balaban J connectivity index is 2.17. The summed E-state index contributed by atoms with van der Waals surface area (Å²) in [6.07, 6.45) is 1.52. The van der Waals surface area contributed by atoms with E-state index < -0.39 is 10.0 Å². The lowest BCUT2D eigenvalue weighted by Crippen LogP contribution is -2.22. The number of nitrogens with zero attached hydrogens (tertiary/aromatic N) is 1. The van der Waals surface area contributed by atoms with Crippen LogP contribution >= 0.6 is 0 Å². The van der Waals surface area contributed by atoms with Crippen molar-refractivity contribution in [2.24, 2.45) is 0 Å². The second kappa shape index (κ2) is 5.58. The van der Waals surface area contributed by atoms with E-state index in [1.165, 1.54) is 20.2 Å². The van der Waals surface area contributed by atoms with Crippen molar-refractivity contribution in [3.8, 4) is 0 Å². The number of carbonyl (C=O) groups excluding carboxylic acids is 1. The quantitative estimate of drug-likeness (QED) is 0.851. The van der Waals surface area contributed by atoms with Crippen molar-refractivity contribution < 1.29 is 13.2 Å². The predicted molar refractivity (Wildman–Crippen MR) is 89.3 cm³/mol. The van der Waals surface area contributed by atoms with Crippen molar-refractivity contribution in [3.05, 3.63) is 64.2 Å². The number of rotatable bonds is 2. The molecule has 23 heavy (non-hydrogen) atoms. The standard InChI is InChI=1S/C18H19NO3S/c1-12-4-5-13-6-7-14-8-9-15(23(21,22)19(2)3)11-17(14)18(20)16(13)10-12/h4-5,8-11H,6-7H2,1-3H3. The monoisotopic (exact) mass is 329 g/mol. The summed E-state index contributed by atoms with van der Waals surface area (Å²) in [5.41, 5.74) is 4.13. The molecule has 2 aromatic rings. The van der Waals surface area contributed by atoms with Gasteiger partial charge in [0.25, 0.3) is 0 Å². The van der Waals surface area contributed by atoms with Crippen LogP contribution < -0.4 is 0 Å². The molecule has 2 aromatic carbocycles. The van der Waals surface area contributed by atoms with Crippen LogP contribution in [0.2, 0.25) is 0 Å². The van der Waals surface area contributed by atoms with Gasteiger partial charge < -0.3 is 0 Å². The van der Waals surface area contributed by atoms with E-state index in [4.69, 9.17) is 0 Å². The van der Waals surface area contributed by atoms with Crippen LogP contribution in [-0.4, -0.2) is 32.6 Å². The molecular weight excluding hydrogens is 310 g/mol. The van der Waals surface area contributed by atoms with Crippen LogP contribution in [0.3, 0.4) is 0 Å². The molecule has 0 N–H and O–H groups in total. The zero-order valence-corrected chi connectivity index (χ0v) is 14.3. The molecule has 0 aliphatic heterocycles. The first-order chi connectivity index (χ1) is 10.8. The molecular formula is C18H19NO3S. The van der Waals surface area contributed by atoms with Crippen LogP contribution in [-0.2, 0) is 22.9 Å². The van der Waals surface area contributed by atoms with Crippen LogP contribution in [0.4, 0.5) is 0 Å². The average molecular weight is 329 g/mol. The van der Waals surface area contributed by atoms with E-state index in [2.05, 4.69) is 0 Å². The molecule has 0 spiro atoms. The van der Waals surface area contributed by atoms with E-state index in [1.54, 1.807) is 12.1 Å². The first-order valence-electron chi connectivity index (χ1n) is 7.50. The largest absolute Gasteiger partial charge is 0.289 e. The Kier molecular flexibility index (Phi) is 3.86. The Labute approximate surface area is 136 Å². The minimum atomic E-state index is -3.55. The highest BCUT2D eigenvalue weighted by molar-refractivity contribution is 7.89. The zero-order chi connectivity index (χ0) is 16.8. The van der Waals surface area contributed by atoms with E-state index in [0.717, 1.165) is 33.8 Å². The van der Waals surface area contributed by atoms with Crippen molar-refractivity contribution in [3.63, 3.8) is 0 Å². The molecule has 1 aliphatic carbocycles. The van der Waals surface area contributed by atoms with Crippen molar-refractivity contribution in [2.75, 3.05) is 14.1 Å². The van der Waals surface area contributed by atoms with Crippen molar-refractivity contribution in [1.82, 2.24) is 4.31 Å². The molecule has 0 saturated heterocycles. The number of aryl methyl sites for hydroxylation is 3. The number of carbonyl (C=O) groups is 1. The molecule has 0 fully saturated rings. The van der Waals surface area contributed by atoms with Crippen LogP contribution in [0.5, 0.6) is 0 Å². The highest BCUT2D eigenvalue weighted by atomic mass is 32.2. The molecule has 5 heteroatoms. The summed E-state index contributed by atoms with van der Waals surface area (Å²) in [6, 6.07) is 10.8. The summed E-state index contributed by atoms with van der Waals surface area (Å²) in [5.74, 6) is -0.0907. The summed E-state index contributed by atoms with van der Waals surface area (Å²) < 4.78 is 25.8. The van der Waals surface area contributed by atoms with Gasteiger partial charge >= 0.3 is 0 Å². The van der Waals surface area contributed by atoms with Crippen molar-refractivity contribution in [2.45, 2.75) is 24.7 Å². The van der Waals surface area contributed by atoms with E-state index in [9.17, 15) is 13.2 Å². The number of hydrogen-bond acceptors (Lipinski definition) is 3. The van der Waals surface area contributed by atoms with Gasteiger partial charge in [0.2, 0.25) is 10.0 Å². The van der Waals surface area contributed by atoms with Crippen LogP contribution in [0.25, 0.3) is 0 Å². The lowest BCUT2D eigenvalue weighted by molar-refractivity contribution is 0.103. The van der Waals surface area contributed by atoms with E-state index in [0.29, 0.717) is 11.1 Å². The molecule has 1 aliphatic rings. The fraction of sp³-hybridized carbons (Fsp3) is 0.278. The molecule has 0 atom stereocenters. The van der Waals surface area contributed by atoms with Gasteiger partial charge in [-0.15, -0.1) is 0 Å². The Hall–Kier alpha value is -1.98. The van der Waals surface area contributed by atoms with Crippen LogP contribution in [0.1, 0.15) is 32.6 Å². The van der Waals surface area contributed by atoms with Gasteiger partial charge in [-0.25, -0.2) is 12.7 Å². The smallest absolute Gasteiger partial charge is 0.242 e. The van der Waals surface area contributed by atoms with Gasteiger partial charge in [0.1, 0.15) is 0 Å². The Bertz CT molecular complexity index is 898. The van der Waals surface area contributed by atoms with Gasteiger partial charge in [-0.3, -0.25) is 4.79 Å². The SMILES string of the molecule is Cc1ccc2c(c1)C(=O)c1cc(S(=O)(=O)N(C)C)ccc1CC2. The predicted octanol–water partition coefficient (Wildman–Crippen LogP) is 2.57. The number of sulfonamides is 1. The summed E-state index contributed by atoms with van der Waals surface area (Å²) in [6.45, 7) is 1.95. The third-order valence-electron chi connectivity index (χ3n) is 4.28. The van der Waals surface area contributed by atoms with Crippen LogP contribution in [0, 0.1) is 6.92 Å². The van der Waals surface area contributed by atoms with Gasteiger partial charge in [0, 0.05) is 25.2 Å². The molecule has 0 unspecified atom stereocenters. The maximum absolute atomic E-state index is 12.9. The van der Waals surface area contributed by atoms with Gasteiger partial charge in [0.15, 0.2) is 5.78 Å². The normalized spacial score (nSPS) is 14.3. The Morgan fingerprint density at radius 2 is 1.48 bits per heavy atom. The second-order valence-corrected chi connectivity index (χ2v) is 8.25. The number of ketones is 1. The highest BCUT2D eigenvalue weighted by Crippen LogP contribution is 2.27. The third kappa shape index (κ3) is 2.71. The first kappa shape index (κ1) is 15.9. The molecule has 0 bridgehead atoms. The Morgan fingerprint density at radius 3 is 2.09 bits per heavy atom. The fourth-order valence-corrected chi connectivity index (χ4v) is 3.82. The molecule has 0 aromatic heterocycles. The molecule has 4 nitrogen and oxygen atoms in total. The lowest BCUT2D eigenvalue weighted by Gasteiger charge is -2.13. The van der Waals surface area contributed by atoms with E-state index in [1.807, 2.05) is 25.1 Å². The zero-order valence-electron chi connectivity index (χ0n) is 13.5. The first-order valence-corrected chi connectivity index (χ1v) is 8.94. The van der Waals surface area contributed by atoms with Crippen molar-refractivity contribution in [1.29, 1.82) is 0 Å². The summed E-state index contributed by atoms with van der Waals surface area (Å²) in [5, 5.41) is 0. The highest BCUT2D eigenvalue weighted by Gasteiger charge is 2.25. The molecule has 3 rings (SSSR count). The molecule has 0 saturated carbocycles. The topological polar surface area (TPSA) is 54.5 Å². The average Bonchev–Trinajstić information content (AvgIpc) is 2.65. The van der Waals surface area contributed by atoms with Gasteiger partial charge in [-0.2, -0.15) is 0 Å². The third-order valence-corrected chi connectivity index (χ3v) is 6.09. The van der Waals surface area contributed by atoms with Crippen LogP contribution in [0.15, 0.2) is 41.3 Å². The van der Waals surface area contributed by atoms with Gasteiger partial charge in [-0.05, 0) is 49.1 Å². The maximum Gasteiger partial charge on any atom is 0.242 e. The van der Waals surface area contributed by atoms with Gasteiger partial charge in [0.05, 0.1) is 4.90 Å². The van der Waals surface area contributed by atoms with E-state index in [-0.39, 0.29) is 10.7 Å². The summed E-state index contributed by atoms with van der Waals surface area (Å²) in [7, 11) is -0.575. The lowest BCUT2D eigenvalue weighted by atomic mass is 9.97. The fourth-order valence-electron chi connectivity index (χ4n) is 2.89. The minimum Gasteiger partial charge on any atom is -0.289 e. The number of benzene rings is 2. The molecule has 0 amide bonds. The second-order valence-electron chi connectivity index (χ2n) is 6.10. The number of hydrogen-bond donors (Lipinski definition) is 0. The van der Waals surface area contributed by atoms with Crippen molar-refractivity contribution >= 4 is 15.8 Å². The molecule has 120 valence electrons. The maximum atomic E-state index is 12.9. The molecule has 0 radical (unpaired) electrons. The summed E-state index contributed by atoms with van der Waals surface area (Å²) >= 11 is 0. The van der Waals surface area contributed by atoms with Gasteiger partial charge in [-0.1, -0.05) is 23.8 Å². The number of fused-ring (bicyclic) bond motifs is 2. The Morgan fingerprint density at radius 1 is 0.913 bits per heavy atom. The van der Waals surface area contributed by atoms with E-state index >= 15 is 0 Å².